The van der Waals surface area contributed by atoms with Crippen LogP contribution in [0.1, 0.15) is 19.8 Å². The van der Waals surface area contributed by atoms with Gasteiger partial charge in [0.05, 0.1) is 5.69 Å². The van der Waals surface area contributed by atoms with Gasteiger partial charge in [-0.3, -0.25) is 0 Å². The summed E-state index contributed by atoms with van der Waals surface area (Å²) in [5.41, 5.74) is 6.67. The molecule has 6 heteroatoms. The summed E-state index contributed by atoms with van der Waals surface area (Å²) >= 11 is 11.9. The first kappa shape index (κ1) is 12.9. The molecule has 2 unspecified atom stereocenters. The molecule has 1 aliphatic heterocycles. The number of rotatable bonds is 2. The van der Waals surface area contributed by atoms with Crippen molar-refractivity contribution >= 4 is 28.9 Å². The van der Waals surface area contributed by atoms with E-state index in [4.69, 9.17) is 28.9 Å². The summed E-state index contributed by atoms with van der Waals surface area (Å²) < 4.78 is 0. The molecule has 17 heavy (non-hydrogen) atoms. The van der Waals surface area contributed by atoms with Crippen molar-refractivity contribution in [3.63, 3.8) is 0 Å². The minimum atomic E-state index is 0.302. The van der Waals surface area contributed by atoms with Crippen LogP contribution in [0.2, 0.25) is 10.3 Å². The monoisotopic (exact) mass is 274 g/mol. The summed E-state index contributed by atoms with van der Waals surface area (Å²) in [7, 11) is 0. The van der Waals surface area contributed by atoms with Crippen molar-refractivity contribution in [3.05, 3.63) is 16.4 Å². The van der Waals surface area contributed by atoms with Crippen molar-refractivity contribution in [2.45, 2.75) is 25.8 Å². The maximum Gasteiger partial charge on any atom is 0.175 e. The fraction of sp³-hybridized carbons (Fsp3) is 0.636. The Kier molecular flexibility index (Phi) is 4.07. The van der Waals surface area contributed by atoms with E-state index in [1.165, 1.54) is 0 Å². The molecule has 2 N–H and O–H groups in total. The average Bonchev–Trinajstić information content (AvgIpc) is 2.32. The van der Waals surface area contributed by atoms with Gasteiger partial charge < -0.3 is 10.6 Å². The van der Waals surface area contributed by atoms with Crippen LogP contribution in [0.25, 0.3) is 0 Å². The molecule has 1 saturated heterocycles. The molecule has 1 aromatic rings. The van der Waals surface area contributed by atoms with E-state index in [-0.39, 0.29) is 0 Å². The summed E-state index contributed by atoms with van der Waals surface area (Å²) in [6.07, 6.45) is 2.21. The van der Waals surface area contributed by atoms with Crippen molar-refractivity contribution in [1.29, 1.82) is 0 Å². The number of aromatic nitrogens is 2. The van der Waals surface area contributed by atoms with Gasteiger partial charge in [-0.15, -0.1) is 10.2 Å². The minimum Gasteiger partial charge on any atom is -0.365 e. The molecular weight excluding hydrogens is 259 g/mol. The molecule has 0 aromatic carbocycles. The van der Waals surface area contributed by atoms with Crippen molar-refractivity contribution in [1.82, 2.24) is 10.2 Å². The largest absolute Gasteiger partial charge is 0.365 e. The number of nitrogens with two attached hydrogens (primary N) is 1. The smallest absolute Gasteiger partial charge is 0.175 e. The lowest BCUT2D eigenvalue weighted by molar-refractivity contribution is 0.366. The molecule has 2 heterocycles. The highest BCUT2D eigenvalue weighted by molar-refractivity contribution is 6.33. The zero-order valence-electron chi connectivity index (χ0n) is 9.74. The van der Waals surface area contributed by atoms with Crippen LogP contribution in [0.15, 0.2) is 6.07 Å². The van der Waals surface area contributed by atoms with E-state index in [0.717, 1.165) is 25.1 Å². The highest BCUT2D eigenvalue weighted by Crippen LogP contribution is 2.32. The molecule has 94 valence electrons. The molecule has 0 radical (unpaired) electrons. The van der Waals surface area contributed by atoms with Crippen molar-refractivity contribution < 1.29 is 0 Å². The standard InChI is InChI=1S/C11H16Cl2N4/c1-7-2-3-17(8(4-7)6-14)9-5-10(12)15-16-11(9)13/h5,7-8H,2-4,6,14H2,1H3. The van der Waals surface area contributed by atoms with Crippen LogP contribution >= 0.6 is 23.2 Å². The maximum absolute atomic E-state index is 6.07. The molecule has 1 aliphatic rings. The SMILES string of the molecule is CC1CCN(c2cc(Cl)nnc2Cl)C(CN)C1. The van der Waals surface area contributed by atoms with Gasteiger partial charge in [0, 0.05) is 25.2 Å². The van der Waals surface area contributed by atoms with Crippen LogP contribution in [0.5, 0.6) is 0 Å². The quantitative estimate of drug-likeness (QED) is 0.900. The number of anilines is 1. The second-order valence-electron chi connectivity index (χ2n) is 4.56. The molecule has 0 amide bonds. The van der Waals surface area contributed by atoms with Gasteiger partial charge in [-0.1, -0.05) is 30.1 Å². The topological polar surface area (TPSA) is 55.0 Å². The number of hydrogen-bond donors (Lipinski definition) is 1. The van der Waals surface area contributed by atoms with E-state index in [0.29, 0.717) is 28.8 Å². The van der Waals surface area contributed by atoms with Gasteiger partial charge in [-0.05, 0) is 18.8 Å². The Morgan fingerprint density at radius 3 is 2.94 bits per heavy atom. The van der Waals surface area contributed by atoms with E-state index in [1.54, 1.807) is 6.07 Å². The second kappa shape index (κ2) is 5.38. The molecule has 2 atom stereocenters. The van der Waals surface area contributed by atoms with Gasteiger partial charge in [-0.2, -0.15) is 0 Å². The molecule has 0 aliphatic carbocycles. The molecule has 1 aromatic heterocycles. The van der Waals surface area contributed by atoms with Crippen LogP contribution in [-0.2, 0) is 0 Å². The van der Waals surface area contributed by atoms with Gasteiger partial charge in [-0.25, -0.2) is 0 Å². The highest BCUT2D eigenvalue weighted by atomic mass is 35.5. The van der Waals surface area contributed by atoms with Crippen LogP contribution in [0.3, 0.4) is 0 Å². The average molecular weight is 275 g/mol. The molecule has 4 nitrogen and oxygen atoms in total. The van der Waals surface area contributed by atoms with Crippen LogP contribution < -0.4 is 10.6 Å². The number of hydrogen-bond acceptors (Lipinski definition) is 4. The van der Waals surface area contributed by atoms with E-state index in [2.05, 4.69) is 22.0 Å². The third-order valence-corrected chi connectivity index (χ3v) is 3.71. The van der Waals surface area contributed by atoms with Crippen LogP contribution in [-0.4, -0.2) is 29.3 Å². The third kappa shape index (κ3) is 2.81. The van der Waals surface area contributed by atoms with Gasteiger partial charge in [0.2, 0.25) is 0 Å². The molecule has 0 spiro atoms. The Morgan fingerprint density at radius 2 is 2.24 bits per heavy atom. The van der Waals surface area contributed by atoms with Gasteiger partial charge >= 0.3 is 0 Å². The fourth-order valence-corrected chi connectivity index (χ4v) is 2.68. The summed E-state index contributed by atoms with van der Waals surface area (Å²) in [6, 6.07) is 2.06. The van der Waals surface area contributed by atoms with Crippen molar-refractivity contribution in [3.8, 4) is 0 Å². The highest BCUT2D eigenvalue weighted by Gasteiger charge is 2.27. The predicted octanol–water partition coefficient (Wildman–Crippen LogP) is 2.35. The summed E-state index contributed by atoms with van der Waals surface area (Å²) in [6.45, 7) is 3.80. The molecule has 1 fully saturated rings. The van der Waals surface area contributed by atoms with Crippen molar-refractivity contribution in [2.75, 3.05) is 18.0 Å². The van der Waals surface area contributed by atoms with E-state index in [1.807, 2.05) is 0 Å². The van der Waals surface area contributed by atoms with Gasteiger partial charge in [0.15, 0.2) is 10.3 Å². The minimum absolute atomic E-state index is 0.302. The Bertz CT molecular complexity index is 399. The van der Waals surface area contributed by atoms with Crippen LogP contribution in [0.4, 0.5) is 5.69 Å². The van der Waals surface area contributed by atoms with Crippen molar-refractivity contribution in [2.24, 2.45) is 11.7 Å². The zero-order chi connectivity index (χ0) is 12.4. The Balaban J connectivity index is 2.28. The third-order valence-electron chi connectivity index (χ3n) is 3.26. The lowest BCUT2D eigenvalue weighted by Crippen LogP contribution is -2.46. The summed E-state index contributed by atoms with van der Waals surface area (Å²) in [4.78, 5) is 2.20. The summed E-state index contributed by atoms with van der Waals surface area (Å²) in [5.74, 6) is 0.698. The zero-order valence-corrected chi connectivity index (χ0v) is 11.2. The Labute approximate surface area is 111 Å². The molecule has 0 saturated carbocycles. The Morgan fingerprint density at radius 1 is 1.47 bits per heavy atom. The first-order valence-electron chi connectivity index (χ1n) is 5.77. The molecule has 0 bridgehead atoms. The fourth-order valence-electron chi connectivity index (χ4n) is 2.34. The number of piperidine rings is 1. The number of halogens is 2. The first-order valence-corrected chi connectivity index (χ1v) is 6.53. The predicted molar refractivity (Wildman–Crippen MR) is 70.6 cm³/mol. The molecule has 2 rings (SSSR count). The molecular formula is C11H16Cl2N4. The van der Waals surface area contributed by atoms with E-state index < -0.39 is 0 Å². The van der Waals surface area contributed by atoms with Crippen LogP contribution in [0, 0.1) is 5.92 Å². The Hall–Kier alpha value is -0.580. The normalized spacial score (nSPS) is 25.1. The van der Waals surface area contributed by atoms with E-state index in [9.17, 15) is 0 Å². The lowest BCUT2D eigenvalue weighted by atomic mass is 9.92. The second-order valence-corrected chi connectivity index (χ2v) is 5.30. The maximum atomic E-state index is 6.07. The van der Waals surface area contributed by atoms with Gasteiger partial charge in [0.1, 0.15) is 0 Å². The first-order chi connectivity index (χ1) is 8.11. The lowest BCUT2D eigenvalue weighted by Gasteiger charge is -2.39. The van der Waals surface area contributed by atoms with E-state index >= 15 is 0 Å². The number of nitrogens with zero attached hydrogens (tertiary/aromatic N) is 3. The summed E-state index contributed by atoms with van der Waals surface area (Å²) in [5, 5.41) is 8.32. The van der Waals surface area contributed by atoms with Gasteiger partial charge in [0.25, 0.3) is 0 Å².